The fraction of sp³-hybridized carbons (Fsp3) is 0.228. The van der Waals surface area contributed by atoms with Crippen LogP contribution in [0.25, 0.3) is 33.3 Å². The van der Waals surface area contributed by atoms with E-state index >= 15 is 0 Å². The molecule has 0 amide bonds. The molecule has 5 aromatic carbocycles. The van der Waals surface area contributed by atoms with Crippen molar-refractivity contribution in [3.8, 4) is 39.0 Å². The molecule has 12 nitrogen and oxygen atoms in total. The summed E-state index contributed by atoms with van der Waals surface area (Å²) in [7, 11) is 1.63. The van der Waals surface area contributed by atoms with Crippen molar-refractivity contribution < 1.29 is 34.0 Å². The number of thiazole rings is 2. The Morgan fingerprint density at radius 2 is 0.972 bits per heavy atom. The topological polar surface area (TPSA) is 179 Å². The first-order valence-electron chi connectivity index (χ1n) is 22.8. The first-order chi connectivity index (χ1) is 34.1. The number of hydrogen-bond donors (Lipinski definition) is 2. The highest BCUT2D eigenvalue weighted by Gasteiger charge is 2.21. The Hall–Kier alpha value is -7.72. The van der Waals surface area contributed by atoms with Crippen LogP contribution < -0.4 is 9.64 Å². The van der Waals surface area contributed by atoms with E-state index in [1.807, 2.05) is 84.9 Å². The molecular weight excluding hydrogens is 931 g/mol. The van der Waals surface area contributed by atoms with Crippen molar-refractivity contribution in [2.45, 2.75) is 54.4 Å². The first kappa shape index (κ1) is 51.1. The lowest BCUT2D eigenvalue weighted by molar-refractivity contribution is -0.133. The molecule has 2 heterocycles. The average molecular weight is 984 g/mol. The molecule has 7 aromatic rings. The van der Waals surface area contributed by atoms with Crippen LogP contribution in [0.3, 0.4) is 0 Å². The van der Waals surface area contributed by atoms with Gasteiger partial charge in [0.05, 0.1) is 41.0 Å². The maximum Gasteiger partial charge on any atom is 0.346 e. The highest BCUT2D eigenvalue weighted by Crippen LogP contribution is 2.40. The van der Waals surface area contributed by atoms with Gasteiger partial charge in [0.15, 0.2) is 0 Å². The number of methoxy groups -OCH3 is 1. The molecule has 0 radical (unpaired) electrons. The van der Waals surface area contributed by atoms with Crippen LogP contribution in [0.15, 0.2) is 108 Å². The van der Waals surface area contributed by atoms with Gasteiger partial charge in [0.1, 0.15) is 45.7 Å². The Labute approximate surface area is 422 Å². The van der Waals surface area contributed by atoms with E-state index in [1.165, 1.54) is 34.8 Å². The van der Waals surface area contributed by atoms with Crippen molar-refractivity contribution >= 4 is 63.8 Å². The number of nitriles is 2. The monoisotopic (exact) mass is 983 g/mol. The lowest BCUT2D eigenvalue weighted by Gasteiger charge is -2.26. The Morgan fingerprint density at radius 1 is 0.592 bits per heavy atom. The summed E-state index contributed by atoms with van der Waals surface area (Å²) >= 11 is 2.68. The fourth-order valence-corrected chi connectivity index (χ4v) is 10.5. The zero-order valence-electron chi connectivity index (χ0n) is 40.6. The second-order valence-corrected chi connectivity index (χ2v) is 19.2. The molecule has 360 valence electrons. The second kappa shape index (κ2) is 23.3. The largest absolute Gasteiger partial charge is 0.491 e. The predicted molar refractivity (Wildman–Crippen MR) is 281 cm³/mol. The van der Waals surface area contributed by atoms with Crippen LogP contribution in [0, 0.1) is 64.2 Å². The molecule has 0 saturated carbocycles. The Balaban J connectivity index is 1.25. The Morgan fingerprint density at radius 3 is 1.34 bits per heavy atom. The molecule has 0 saturated heterocycles. The minimum atomic E-state index is -1.30. The highest BCUT2D eigenvalue weighted by atomic mass is 32.1. The maximum atomic E-state index is 12.0. The van der Waals surface area contributed by atoms with Gasteiger partial charge in [-0.1, -0.05) is 35.4 Å². The number of benzene rings is 5. The third kappa shape index (κ3) is 12.6. The molecule has 0 bridgehead atoms. The molecule has 2 aromatic heterocycles. The van der Waals surface area contributed by atoms with Crippen molar-refractivity contribution in [3.63, 3.8) is 0 Å². The van der Waals surface area contributed by atoms with Crippen LogP contribution in [0.5, 0.6) is 5.75 Å². The van der Waals surface area contributed by atoms with Gasteiger partial charge in [0.2, 0.25) is 0 Å². The van der Waals surface area contributed by atoms with Gasteiger partial charge in [-0.15, -0.1) is 22.7 Å². The number of aryl methyl sites for hydroxylation is 6. The zero-order chi connectivity index (χ0) is 50.8. The van der Waals surface area contributed by atoms with E-state index < -0.39 is 11.9 Å². The van der Waals surface area contributed by atoms with Crippen LogP contribution in [-0.4, -0.2) is 65.7 Å². The zero-order valence-corrected chi connectivity index (χ0v) is 42.3. The van der Waals surface area contributed by atoms with Crippen LogP contribution >= 0.6 is 22.7 Å². The number of aliphatic carboxylic acids is 2. The summed E-state index contributed by atoms with van der Waals surface area (Å²) in [5, 5.41) is 40.3. The van der Waals surface area contributed by atoms with Gasteiger partial charge in [0, 0.05) is 48.1 Å². The number of ether oxygens (including phenoxy) is 3. The Kier molecular flexibility index (Phi) is 16.8. The lowest BCUT2D eigenvalue weighted by atomic mass is 9.96. The molecule has 2 N–H and O–H groups in total. The molecule has 71 heavy (non-hydrogen) atoms. The quantitative estimate of drug-likeness (QED) is 0.0420. The van der Waals surface area contributed by atoms with Gasteiger partial charge >= 0.3 is 11.9 Å². The summed E-state index contributed by atoms with van der Waals surface area (Å²) in [4.78, 5) is 37.4. The van der Waals surface area contributed by atoms with E-state index in [-0.39, 0.29) is 11.1 Å². The molecule has 14 heteroatoms. The molecule has 0 atom stereocenters. The third-order valence-corrected chi connectivity index (χ3v) is 14.0. The van der Waals surface area contributed by atoms with Gasteiger partial charge in [-0.25, -0.2) is 19.6 Å². The molecule has 0 unspecified atom stereocenters. The van der Waals surface area contributed by atoms with Crippen LogP contribution in [0.2, 0.25) is 0 Å². The number of carboxylic acids is 2. The summed E-state index contributed by atoms with van der Waals surface area (Å²) in [6.45, 7) is 14.1. The van der Waals surface area contributed by atoms with Gasteiger partial charge < -0.3 is 29.3 Å². The van der Waals surface area contributed by atoms with E-state index in [4.69, 9.17) is 24.2 Å². The average Bonchev–Trinajstić information content (AvgIpc) is 3.94. The van der Waals surface area contributed by atoms with Crippen LogP contribution in [0.4, 0.5) is 17.1 Å². The molecule has 7 rings (SSSR count). The molecule has 0 aliphatic heterocycles. The van der Waals surface area contributed by atoms with Gasteiger partial charge in [-0.2, -0.15) is 10.5 Å². The van der Waals surface area contributed by atoms with Crippen molar-refractivity contribution in [2.24, 2.45) is 0 Å². The van der Waals surface area contributed by atoms with Gasteiger partial charge in [0.25, 0.3) is 0 Å². The highest BCUT2D eigenvalue weighted by molar-refractivity contribution is 7.16. The third-order valence-electron chi connectivity index (χ3n) is 11.8. The summed E-state index contributed by atoms with van der Waals surface area (Å²) in [6, 6.07) is 35.8. The van der Waals surface area contributed by atoms with E-state index in [0.29, 0.717) is 76.2 Å². The normalized spacial score (nSPS) is 11.6. The number of carbonyl (C=O) groups is 2. The molecule has 0 spiro atoms. The minimum Gasteiger partial charge on any atom is -0.491 e. The van der Waals surface area contributed by atoms with Crippen LogP contribution in [-0.2, 0) is 31.9 Å². The van der Waals surface area contributed by atoms with Gasteiger partial charge in [-0.3, -0.25) is 0 Å². The maximum absolute atomic E-state index is 12.0. The molecule has 0 aliphatic rings. The standard InChI is InChI=1S/C57H53N5O7S2/c1-34-24-36(3)48(37(4)25-34)30-50-52(28-42(32-58)56(63)64)70-54(60-50)40-8-12-44(13-9-40)62(46-16-18-47(19-17-46)69-23-22-68-21-20-67-7)45-14-10-41(11-15-45)55-61-51(53(71-55)29-43(33-59)57(65)66)31-49-38(5)26-35(2)27-39(49)6/h8-19,24-29H,20-23,30-31H2,1-7H3,(H,63,64)(H,65,66)/b42-28+,43-29+. The Bertz CT molecular complexity index is 3000. The fourth-order valence-electron chi connectivity index (χ4n) is 8.42. The van der Waals surface area contributed by atoms with Crippen molar-refractivity contribution in [2.75, 3.05) is 38.4 Å². The SMILES string of the molecule is COCCOCCOc1ccc(N(c2ccc(-c3nc(Cc4c(C)cc(C)cc4C)c(/C=C(\C#N)C(=O)O)s3)cc2)c2ccc(-c3nc(Cc4c(C)cc(C)cc4C)c(/C=C(\C#N)C(=O)O)s3)cc2)cc1. The van der Waals surface area contributed by atoms with Crippen LogP contribution in [0.1, 0.15) is 65.6 Å². The molecule has 0 fully saturated rings. The molecular formula is C57H53N5O7S2. The number of hydrogen-bond acceptors (Lipinski definition) is 12. The van der Waals surface area contributed by atoms with E-state index in [9.17, 15) is 30.3 Å². The van der Waals surface area contributed by atoms with Crippen molar-refractivity contribution in [1.82, 2.24) is 9.97 Å². The number of carboxylic acid groups (broad SMARTS) is 2. The summed E-state index contributed by atoms with van der Waals surface area (Å²) in [6.07, 6.45) is 3.76. The molecule has 0 aliphatic carbocycles. The minimum absolute atomic E-state index is 0.367. The lowest BCUT2D eigenvalue weighted by Crippen LogP contribution is -2.11. The smallest absolute Gasteiger partial charge is 0.346 e. The number of rotatable bonds is 20. The van der Waals surface area contributed by atoms with E-state index in [2.05, 4.69) is 70.7 Å². The number of nitrogens with zero attached hydrogens (tertiary/aromatic N) is 5. The second-order valence-electron chi connectivity index (χ2n) is 17.1. The first-order valence-corrected chi connectivity index (χ1v) is 24.4. The van der Waals surface area contributed by atoms with Gasteiger partial charge in [-0.05, 0) is 160 Å². The summed E-state index contributed by atoms with van der Waals surface area (Å²) < 4.78 is 16.6. The number of aromatic nitrogens is 2. The van der Waals surface area contributed by atoms with E-state index in [1.54, 1.807) is 7.11 Å². The van der Waals surface area contributed by atoms with Crippen molar-refractivity contribution in [1.29, 1.82) is 10.5 Å². The number of anilines is 3. The predicted octanol–water partition coefficient (Wildman–Crippen LogP) is 12.5. The van der Waals surface area contributed by atoms with Crippen molar-refractivity contribution in [3.05, 3.63) is 174 Å². The summed E-state index contributed by atoms with van der Waals surface area (Å²) in [5.74, 6) is -1.92. The van der Waals surface area contributed by atoms with E-state index in [0.717, 1.165) is 72.7 Å². The summed E-state index contributed by atoms with van der Waals surface area (Å²) in [5.41, 5.74) is 13.8.